The quantitative estimate of drug-likeness (QED) is 0.829. The maximum Gasteiger partial charge on any atom is 0.106 e. The van der Waals surface area contributed by atoms with Crippen LogP contribution < -0.4 is 10.6 Å². The van der Waals surface area contributed by atoms with E-state index in [0.29, 0.717) is 16.9 Å². The van der Waals surface area contributed by atoms with Crippen LogP contribution in [0.5, 0.6) is 0 Å². The summed E-state index contributed by atoms with van der Waals surface area (Å²) in [6.07, 6.45) is 0. The second-order valence-electron chi connectivity index (χ2n) is 5.17. The van der Waals surface area contributed by atoms with Crippen molar-refractivity contribution >= 4 is 38.8 Å². The van der Waals surface area contributed by atoms with E-state index in [2.05, 4.69) is 54.6 Å². The zero-order valence-corrected chi connectivity index (χ0v) is 13.8. The van der Waals surface area contributed by atoms with Gasteiger partial charge in [0, 0.05) is 28.3 Å². The molecular formula is C14H21BrN2S. The van der Waals surface area contributed by atoms with Gasteiger partial charge in [-0.05, 0) is 38.0 Å². The van der Waals surface area contributed by atoms with Gasteiger partial charge in [0.05, 0.1) is 0 Å². The van der Waals surface area contributed by atoms with Crippen molar-refractivity contribution in [3.05, 3.63) is 28.2 Å². The fourth-order valence-electron chi connectivity index (χ4n) is 1.93. The SMILES string of the molecule is CC(C)CN(c1cc(Br)ccc1C(N)=S)C(C)C. The van der Waals surface area contributed by atoms with Gasteiger partial charge >= 0.3 is 0 Å². The minimum absolute atomic E-state index is 0.412. The number of hydrogen-bond donors (Lipinski definition) is 1. The number of thiocarbonyl (C=S) groups is 1. The number of halogens is 1. The Hall–Kier alpha value is -0.610. The summed E-state index contributed by atoms with van der Waals surface area (Å²) in [5, 5.41) is 0. The molecule has 0 heterocycles. The predicted molar refractivity (Wildman–Crippen MR) is 87.3 cm³/mol. The average Bonchev–Trinajstić information content (AvgIpc) is 2.24. The molecule has 0 aromatic heterocycles. The molecule has 0 atom stereocenters. The zero-order chi connectivity index (χ0) is 13.9. The van der Waals surface area contributed by atoms with Crippen LogP contribution in [0.4, 0.5) is 5.69 Å². The third-order valence-electron chi connectivity index (χ3n) is 2.72. The molecule has 0 saturated heterocycles. The molecule has 100 valence electrons. The van der Waals surface area contributed by atoms with Crippen LogP contribution in [0.2, 0.25) is 0 Å². The van der Waals surface area contributed by atoms with Crippen molar-refractivity contribution < 1.29 is 0 Å². The number of anilines is 1. The zero-order valence-electron chi connectivity index (χ0n) is 11.4. The van der Waals surface area contributed by atoms with E-state index in [0.717, 1.165) is 22.3 Å². The number of benzene rings is 1. The van der Waals surface area contributed by atoms with Crippen molar-refractivity contribution in [2.45, 2.75) is 33.7 Å². The molecule has 2 nitrogen and oxygen atoms in total. The number of hydrogen-bond acceptors (Lipinski definition) is 2. The van der Waals surface area contributed by atoms with Crippen molar-refractivity contribution in [3.8, 4) is 0 Å². The highest BCUT2D eigenvalue weighted by Crippen LogP contribution is 2.27. The monoisotopic (exact) mass is 328 g/mol. The summed E-state index contributed by atoms with van der Waals surface area (Å²) in [6, 6.07) is 6.47. The molecule has 0 aliphatic carbocycles. The summed E-state index contributed by atoms with van der Waals surface area (Å²) in [6.45, 7) is 9.80. The lowest BCUT2D eigenvalue weighted by molar-refractivity contribution is 0.571. The highest BCUT2D eigenvalue weighted by atomic mass is 79.9. The molecule has 0 aliphatic heterocycles. The lowest BCUT2D eigenvalue weighted by Crippen LogP contribution is -2.35. The van der Waals surface area contributed by atoms with Crippen molar-refractivity contribution in [3.63, 3.8) is 0 Å². The minimum Gasteiger partial charge on any atom is -0.389 e. The predicted octanol–water partition coefficient (Wildman–Crippen LogP) is 3.95. The first kappa shape index (κ1) is 15.4. The van der Waals surface area contributed by atoms with Gasteiger partial charge in [0.25, 0.3) is 0 Å². The van der Waals surface area contributed by atoms with E-state index in [9.17, 15) is 0 Å². The lowest BCUT2D eigenvalue weighted by atomic mass is 10.1. The van der Waals surface area contributed by atoms with E-state index in [1.807, 2.05) is 12.1 Å². The van der Waals surface area contributed by atoms with Gasteiger partial charge in [0.2, 0.25) is 0 Å². The third kappa shape index (κ3) is 3.95. The first-order valence-electron chi connectivity index (χ1n) is 6.19. The van der Waals surface area contributed by atoms with Crippen molar-refractivity contribution in [1.29, 1.82) is 0 Å². The van der Waals surface area contributed by atoms with Crippen LogP contribution in [-0.2, 0) is 0 Å². The second-order valence-corrected chi connectivity index (χ2v) is 6.52. The van der Waals surface area contributed by atoms with Gasteiger partial charge in [-0.1, -0.05) is 42.0 Å². The molecule has 1 aromatic carbocycles. The van der Waals surface area contributed by atoms with Gasteiger partial charge in [-0.15, -0.1) is 0 Å². The van der Waals surface area contributed by atoms with Gasteiger partial charge in [0.1, 0.15) is 4.99 Å². The van der Waals surface area contributed by atoms with Crippen molar-refractivity contribution in [1.82, 2.24) is 0 Å². The Kier molecular flexibility index (Phi) is 5.60. The van der Waals surface area contributed by atoms with Crippen LogP contribution in [0.3, 0.4) is 0 Å². The molecule has 0 saturated carbocycles. The molecule has 0 spiro atoms. The lowest BCUT2D eigenvalue weighted by Gasteiger charge is -2.32. The molecule has 18 heavy (non-hydrogen) atoms. The Morgan fingerprint density at radius 1 is 1.33 bits per heavy atom. The fraction of sp³-hybridized carbons (Fsp3) is 0.500. The van der Waals surface area contributed by atoms with Gasteiger partial charge in [-0.3, -0.25) is 0 Å². The third-order valence-corrected chi connectivity index (χ3v) is 3.43. The molecule has 0 amide bonds. The van der Waals surface area contributed by atoms with Crippen LogP contribution >= 0.6 is 28.1 Å². The molecular weight excluding hydrogens is 308 g/mol. The van der Waals surface area contributed by atoms with Crippen LogP contribution in [-0.4, -0.2) is 17.6 Å². The van der Waals surface area contributed by atoms with E-state index in [1.165, 1.54) is 0 Å². The second kappa shape index (κ2) is 6.53. The maximum atomic E-state index is 5.82. The molecule has 0 aliphatic rings. The molecule has 0 radical (unpaired) electrons. The van der Waals surface area contributed by atoms with Gasteiger partial charge in [0.15, 0.2) is 0 Å². The van der Waals surface area contributed by atoms with E-state index >= 15 is 0 Å². The summed E-state index contributed by atoms with van der Waals surface area (Å²) < 4.78 is 1.05. The van der Waals surface area contributed by atoms with Crippen LogP contribution in [0.1, 0.15) is 33.3 Å². The smallest absolute Gasteiger partial charge is 0.106 e. The average molecular weight is 329 g/mol. The summed E-state index contributed by atoms with van der Waals surface area (Å²) in [5.41, 5.74) is 7.88. The Balaban J connectivity index is 3.25. The van der Waals surface area contributed by atoms with Gasteiger partial charge in [-0.25, -0.2) is 0 Å². The van der Waals surface area contributed by atoms with E-state index in [4.69, 9.17) is 18.0 Å². The Labute approximate surface area is 124 Å². The number of rotatable bonds is 5. The van der Waals surface area contributed by atoms with E-state index in [1.54, 1.807) is 0 Å². The first-order valence-corrected chi connectivity index (χ1v) is 7.39. The van der Waals surface area contributed by atoms with Crippen LogP contribution in [0, 0.1) is 5.92 Å². The van der Waals surface area contributed by atoms with Gasteiger partial charge < -0.3 is 10.6 Å². The fourth-order valence-corrected chi connectivity index (χ4v) is 2.45. The van der Waals surface area contributed by atoms with E-state index < -0.39 is 0 Å². The molecule has 0 bridgehead atoms. The molecule has 0 fully saturated rings. The van der Waals surface area contributed by atoms with E-state index in [-0.39, 0.29) is 0 Å². The standard InChI is InChI=1S/C14H21BrN2S/c1-9(2)8-17(10(3)4)13-7-11(15)5-6-12(13)14(16)18/h5-7,9-10H,8H2,1-4H3,(H2,16,18). The van der Waals surface area contributed by atoms with Crippen LogP contribution in [0.25, 0.3) is 0 Å². The summed E-state index contributed by atoms with van der Waals surface area (Å²) in [5.74, 6) is 0.588. The van der Waals surface area contributed by atoms with Gasteiger partial charge in [-0.2, -0.15) is 0 Å². The molecule has 2 N–H and O–H groups in total. The summed E-state index contributed by atoms with van der Waals surface area (Å²) >= 11 is 8.67. The number of nitrogens with zero attached hydrogens (tertiary/aromatic N) is 1. The normalized spacial score (nSPS) is 11.1. The van der Waals surface area contributed by atoms with Crippen molar-refractivity contribution in [2.75, 3.05) is 11.4 Å². The Bertz CT molecular complexity index is 430. The van der Waals surface area contributed by atoms with Crippen LogP contribution in [0.15, 0.2) is 22.7 Å². The maximum absolute atomic E-state index is 5.82. The largest absolute Gasteiger partial charge is 0.389 e. The van der Waals surface area contributed by atoms with Crippen molar-refractivity contribution in [2.24, 2.45) is 11.7 Å². The molecule has 1 aromatic rings. The molecule has 1 rings (SSSR count). The summed E-state index contributed by atoms with van der Waals surface area (Å²) in [7, 11) is 0. The number of nitrogens with two attached hydrogens (primary N) is 1. The topological polar surface area (TPSA) is 29.3 Å². The first-order chi connectivity index (χ1) is 8.32. The highest BCUT2D eigenvalue weighted by molar-refractivity contribution is 9.10. The highest BCUT2D eigenvalue weighted by Gasteiger charge is 2.17. The summed E-state index contributed by atoms with van der Waals surface area (Å²) in [4.78, 5) is 2.80. The Morgan fingerprint density at radius 3 is 2.39 bits per heavy atom. The minimum atomic E-state index is 0.412. The molecule has 4 heteroatoms. The molecule has 0 unspecified atom stereocenters. The Morgan fingerprint density at radius 2 is 1.94 bits per heavy atom.